The largest absolute Gasteiger partial charge is 0.388 e. The van der Waals surface area contributed by atoms with Gasteiger partial charge in [0.2, 0.25) is 5.91 Å². The van der Waals surface area contributed by atoms with E-state index in [-0.39, 0.29) is 29.7 Å². The third-order valence-electron chi connectivity index (χ3n) is 8.32. The maximum atomic E-state index is 13.3. The van der Waals surface area contributed by atoms with E-state index in [0.29, 0.717) is 48.7 Å². The molecule has 1 saturated carbocycles. The van der Waals surface area contributed by atoms with Crippen LogP contribution >= 0.6 is 0 Å². The predicted molar refractivity (Wildman–Crippen MR) is 150 cm³/mol. The molecule has 3 heterocycles. The number of rotatable bonds is 6. The second-order valence-electron chi connectivity index (χ2n) is 11.1. The highest BCUT2D eigenvalue weighted by atomic mass is 19.1. The number of nitrogens with one attached hydrogen (secondary N) is 1. The zero-order valence-corrected chi connectivity index (χ0v) is 22.2. The molecule has 2 fully saturated rings. The minimum atomic E-state index is -1.11. The van der Waals surface area contributed by atoms with Crippen LogP contribution in [0.3, 0.4) is 0 Å². The molecular formula is C30H33FN6O3. The fourth-order valence-corrected chi connectivity index (χ4v) is 5.96. The topological polar surface area (TPSA) is 105 Å². The maximum absolute atomic E-state index is 13.3. The molecule has 1 amide bonds. The molecule has 208 valence electrons. The van der Waals surface area contributed by atoms with Crippen LogP contribution in [0, 0.1) is 11.7 Å². The van der Waals surface area contributed by atoms with Gasteiger partial charge in [0.15, 0.2) is 5.65 Å². The first-order valence-electron chi connectivity index (χ1n) is 13.9. The van der Waals surface area contributed by atoms with Crippen molar-refractivity contribution in [3.8, 4) is 5.69 Å². The molecule has 1 aliphatic carbocycles. The number of halogens is 1. The van der Waals surface area contributed by atoms with Gasteiger partial charge in [-0.15, -0.1) is 0 Å². The van der Waals surface area contributed by atoms with E-state index in [4.69, 9.17) is 0 Å². The number of hydrogen-bond donors (Lipinski definition) is 2. The second kappa shape index (κ2) is 10.8. The molecule has 0 bridgehead atoms. The molecule has 9 nitrogen and oxygen atoms in total. The number of aromatic nitrogens is 4. The smallest absolute Gasteiger partial charge is 0.264 e. The van der Waals surface area contributed by atoms with Crippen molar-refractivity contribution in [2.45, 2.75) is 56.7 Å². The number of benzene rings is 2. The Morgan fingerprint density at radius 3 is 2.42 bits per heavy atom. The van der Waals surface area contributed by atoms with Crippen molar-refractivity contribution in [1.82, 2.24) is 24.2 Å². The van der Waals surface area contributed by atoms with Gasteiger partial charge in [0.1, 0.15) is 17.5 Å². The molecule has 2 aromatic carbocycles. The van der Waals surface area contributed by atoms with E-state index in [2.05, 4.69) is 27.5 Å². The van der Waals surface area contributed by atoms with Gasteiger partial charge >= 0.3 is 0 Å². The van der Waals surface area contributed by atoms with E-state index in [1.807, 2.05) is 23.1 Å². The maximum Gasteiger partial charge on any atom is 0.264 e. The Morgan fingerprint density at radius 2 is 1.73 bits per heavy atom. The summed E-state index contributed by atoms with van der Waals surface area (Å²) in [6.07, 6.45) is 7.28. The summed E-state index contributed by atoms with van der Waals surface area (Å²) >= 11 is 0. The first-order valence-corrected chi connectivity index (χ1v) is 13.9. The molecule has 4 aromatic rings. The van der Waals surface area contributed by atoms with Crippen LogP contribution in [0.4, 0.5) is 10.1 Å². The molecule has 2 aliphatic rings. The third kappa shape index (κ3) is 5.36. The summed E-state index contributed by atoms with van der Waals surface area (Å²) in [5.74, 6) is -0.166. The molecule has 40 heavy (non-hydrogen) atoms. The van der Waals surface area contributed by atoms with Crippen LogP contribution in [0.2, 0.25) is 0 Å². The number of carbonyl (C=O) groups is 1. The number of fused-ring (bicyclic) bond motifs is 1. The minimum absolute atomic E-state index is 0.0203. The van der Waals surface area contributed by atoms with Gasteiger partial charge in [-0.25, -0.2) is 14.1 Å². The number of hydrogen-bond acceptors (Lipinski definition) is 6. The SMILES string of the molecule is O=C(C1CCC(Nc2ccccc2)CC1)N1CCC(O)(Cn2cnc3c(cnn3-c3ccc(F)cc3)c2=O)CC1. The Labute approximate surface area is 231 Å². The minimum Gasteiger partial charge on any atom is -0.388 e. The summed E-state index contributed by atoms with van der Waals surface area (Å²) in [6, 6.07) is 16.3. The van der Waals surface area contributed by atoms with Gasteiger partial charge in [-0.2, -0.15) is 5.10 Å². The lowest BCUT2D eigenvalue weighted by Crippen LogP contribution is -2.51. The van der Waals surface area contributed by atoms with E-state index < -0.39 is 5.60 Å². The number of anilines is 1. The van der Waals surface area contributed by atoms with Crippen molar-refractivity contribution in [1.29, 1.82) is 0 Å². The van der Waals surface area contributed by atoms with Gasteiger partial charge in [-0.05, 0) is 74.9 Å². The molecule has 10 heteroatoms. The summed E-state index contributed by atoms with van der Waals surface area (Å²) in [4.78, 5) is 32.7. The standard InChI is InChI=1S/C30H33FN6O3/c31-22-8-12-25(13-9-22)37-27-26(18-33-37)29(39)36(20-32-27)19-30(40)14-16-35(17-15-30)28(38)21-6-10-24(11-7-21)34-23-4-2-1-3-5-23/h1-5,8-9,12-13,18,20-21,24,34,40H,6-7,10-11,14-17,19H2. The second-order valence-corrected chi connectivity index (χ2v) is 11.1. The Kier molecular flexibility index (Phi) is 7.10. The molecule has 1 aliphatic heterocycles. The van der Waals surface area contributed by atoms with E-state index in [9.17, 15) is 19.1 Å². The lowest BCUT2D eigenvalue weighted by atomic mass is 9.84. The van der Waals surface area contributed by atoms with Crippen LogP contribution in [0.25, 0.3) is 16.7 Å². The summed E-state index contributed by atoms with van der Waals surface area (Å²) in [5.41, 5.74) is 0.667. The Morgan fingerprint density at radius 1 is 1.02 bits per heavy atom. The van der Waals surface area contributed by atoms with Crippen molar-refractivity contribution < 1.29 is 14.3 Å². The normalized spacial score (nSPS) is 20.9. The average Bonchev–Trinajstić information content (AvgIpc) is 3.41. The van der Waals surface area contributed by atoms with Crippen molar-refractivity contribution in [3.63, 3.8) is 0 Å². The summed E-state index contributed by atoms with van der Waals surface area (Å²) in [6.45, 7) is 1.02. The number of para-hydroxylation sites is 1. The molecule has 0 radical (unpaired) electrons. The predicted octanol–water partition coefficient (Wildman–Crippen LogP) is 3.75. The number of piperidine rings is 1. The van der Waals surface area contributed by atoms with Crippen LogP contribution in [0.1, 0.15) is 38.5 Å². The van der Waals surface area contributed by atoms with Crippen molar-refractivity contribution in [3.05, 3.63) is 83.3 Å². The van der Waals surface area contributed by atoms with Gasteiger partial charge < -0.3 is 15.3 Å². The Hall–Kier alpha value is -4.05. The summed E-state index contributed by atoms with van der Waals surface area (Å²) in [5, 5.41) is 19.5. The highest BCUT2D eigenvalue weighted by Gasteiger charge is 2.37. The number of nitrogens with zero attached hydrogens (tertiary/aromatic N) is 5. The summed E-state index contributed by atoms with van der Waals surface area (Å²) < 4.78 is 16.2. The van der Waals surface area contributed by atoms with Crippen LogP contribution in [0.5, 0.6) is 0 Å². The first-order chi connectivity index (χ1) is 19.4. The van der Waals surface area contributed by atoms with Crippen LogP contribution in [0.15, 0.2) is 71.9 Å². The third-order valence-corrected chi connectivity index (χ3v) is 8.32. The van der Waals surface area contributed by atoms with Crippen LogP contribution in [-0.2, 0) is 11.3 Å². The molecule has 6 rings (SSSR count). The lowest BCUT2D eigenvalue weighted by molar-refractivity contribution is -0.141. The fraction of sp³-hybridized carbons (Fsp3) is 0.400. The van der Waals surface area contributed by atoms with Gasteiger partial charge in [0.25, 0.3) is 5.56 Å². The number of carbonyl (C=O) groups excluding carboxylic acids is 1. The van der Waals surface area contributed by atoms with E-state index in [1.165, 1.54) is 33.9 Å². The Balaban J connectivity index is 1.05. The number of aliphatic hydroxyl groups is 1. The molecule has 0 spiro atoms. The zero-order chi connectivity index (χ0) is 27.7. The number of likely N-dealkylation sites (tertiary alicyclic amines) is 1. The quantitative estimate of drug-likeness (QED) is 0.383. The molecule has 1 saturated heterocycles. The van der Waals surface area contributed by atoms with E-state index in [1.54, 1.807) is 12.1 Å². The van der Waals surface area contributed by atoms with E-state index >= 15 is 0 Å². The molecule has 0 atom stereocenters. The zero-order valence-electron chi connectivity index (χ0n) is 22.2. The summed E-state index contributed by atoms with van der Waals surface area (Å²) in [7, 11) is 0. The molecule has 2 N–H and O–H groups in total. The molecule has 0 unspecified atom stereocenters. The van der Waals surface area contributed by atoms with Crippen molar-refractivity contribution in [2.75, 3.05) is 18.4 Å². The first kappa shape index (κ1) is 26.2. The fourth-order valence-electron chi connectivity index (χ4n) is 5.96. The van der Waals surface area contributed by atoms with Crippen molar-refractivity contribution >= 4 is 22.6 Å². The average molecular weight is 545 g/mol. The van der Waals surface area contributed by atoms with Gasteiger partial charge in [-0.1, -0.05) is 18.2 Å². The van der Waals surface area contributed by atoms with Gasteiger partial charge in [0, 0.05) is 30.7 Å². The van der Waals surface area contributed by atoms with Gasteiger partial charge in [0.05, 0.1) is 24.0 Å². The van der Waals surface area contributed by atoms with Crippen molar-refractivity contribution in [2.24, 2.45) is 5.92 Å². The lowest BCUT2D eigenvalue weighted by Gasteiger charge is -2.40. The van der Waals surface area contributed by atoms with Crippen LogP contribution in [-0.4, -0.2) is 60.0 Å². The molecular weight excluding hydrogens is 511 g/mol. The monoisotopic (exact) mass is 544 g/mol. The number of amides is 1. The Bertz CT molecular complexity index is 1540. The van der Waals surface area contributed by atoms with Gasteiger partial charge in [-0.3, -0.25) is 14.2 Å². The van der Waals surface area contributed by atoms with Crippen LogP contribution < -0.4 is 10.9 Å². The molecule has 2 aromatic heterocycles. The highest BCUT2D eigenvalue weighted by Crippen LogP contribution is 2.31. The highest BCUT2D eigenvalue weighted by molar-refractivity contribution is 5.79. The van der Waals surface area contributed by atoms with E-state index in [0.717, 1.165) is 31.4 Å².